The maximum absolute atomic E-state index is 13.4. The highest BCUT2D eigenvalue weighted by Crippen LogP contribution is 2.25. The molecule has 0 fully saturated rings. The molecular formula is C25H27N3O2. The van der Waals surface area contributed by atoms with Crippen molar-refractivity contribution in [3.8, 4) is 0 Å². The minimum absolute atomic E-state index is 0.0632. The summed E-state index contributed by atoms with van der Waals surface area (Å²) in [7, 11) is 0. The van der Waals surface area contributed by atoms with E-state index in [9.17, 15) is 9.59 Å². The van der Waals surface area contributed by atoms with E-state index in [1.165, 1.54) is 0 Å². The van der Waals surface area contributed by atoms with Crippen molar-refractivity contribution < 1.29 is 9.59 Å². The van der Waals surface area contributed by atoms with Gasteiger partial charge in [0.1, 0.15) is 6.04 Å². The van der Waals surface area contributed by atoms with Gasteiger partial charge in [-0.2, -0.15) is 0 Å². The molecule has 1 heterocycles. The second-order valence-corrected chi connectivity index (χ2v) is 7.49. The molecule has 1 N–H and O–H groups in total. The minimum atomic E-state index is -0.719. The Balaban J connectivity index is 1.92. The number of carbonyl (C=O) groups excluding carboxylic acids is 2. The smallest absolute Gasteiger partial charge is 0.247 e. The number of aromatic nitrogens is 1. The van der Waals surface area contributed by atoms with E-state index in [0.717, 1.165) is 16.7 Å². The molecule has 0 aliphatic heterocycles. The summed E-state index contributed by atoms with van der Waals surface area (Å²) >= 11 is 0. The average molecular weight is 402 g/mol. The van der Waals surface area contributed by atoms with E-state index in [1.54, 1.807) is 17.3 Å². The Kier molecular flexibility index (Phi) is 7.33. The lowest BCUT2D eigenvalue weighted by molar-refractivity contribution is -0.144. The summed E-state index contributed by atoms with van der Waals surface area (Å²) in [4.78, 5) is 32.2. The SMILES string of the molecule is CC(C)C(=O)N(Cc1ccccc1)[C@H](C(=O)NCc1ccncc1)c1ccccc1. The highest BCUT2D eigenvalue weighted by Gasteiger charge is 2.32. The Morgan fingerprint density at radius 1 is 0.867 bits per heavy atom. The molecule has 0 unspecified atom stereocenters. The molecule has 154 valence electrons. The monoisotopic (exact) mass is 401 g/mol. The summed E-state index contributed by atoms with van der Waals surface area (Å²) < 4.78 is 0. The topological polar surface area (TPSA) is 62.3 Å². The van der Waals surface area contributed by atoms with Crippen molar-refractivity contribution in [2.75, 3.05) is 0 Å². The molecule has 0 aliphatic carbocycles. The summed E-state index contributed by atoms with van der Waals surface area (Å²) in [6.07, 6.45) is 3.39. The molecule has 3 aromatic rings. The van der Waals surface area contributed by atoms with E-state index < -0.39 is 6.04 Å². The summed E-state index contributed by atoms with van der Waals surface area (Å²) in [5, 5.41) is 3.00. The zero-order valence-corrected chi connectivity index (χ0v) is 17.4. The van der Waals surface area contributed by atoms with Gasteiger partial charge in [0.2, 0.25) is 11.8 Å². The predicted molar refractivity (Wildman–Crippen MR) is 117 cm³/mol. The van der Waals surface area contributed by atoms with Gasteiger partial charge in [0.15, 0.2) is 0 Å². The fraction of sp³-hybridized carbons (Fsp3) is 0.240. The van der Waals surface area contributed by atoms with Gasteiger partial charge in [0, 0.05) is 31.4 Å². The molecule has 0 radical (unpaired) electrons. The van der Waals surface area contributed by atoms with Crippen molar-refractivity contribution in [3.63, 3.8) is 0 Å². The summed E-state index contributed by atoms with van der Waals surface area (Å²) in [5.74, 6) is -0.498. The highest BCUT2D eigenvalue weighted by atomic mass is 16.2. The number of hydrogen-bond acceptors (Lipinski definition) is 3. The highest BCUT2D eigenvalue weighted by molar-refractivity contribution is 5.89. The Bertz CT molecular complexity index is 944. The van der Waals surface area contributed by atoms with Gasteiger partial charge in [0.05, 0.1) is 0 Å². The van der Waals surface area contributed by atoms with Crippen LogP contribution in [-0.4, -0.2) is 21.7 Å². The van der Waals surface area contributed by atoms with Gasteiger partial charge in [0.25, 0.3) is 0 Å². The molecule has 3 rings (SSSR count). The Hall–Kier alpha value is -3.47. The van der Waals surface area contributed by atoms with Gasteiger partial charge < -0.3 is 10.2 Å². The number of pyridine rings is 1. The molecule has 0 aliphatic rings. The number of benzene rings is 2. The Morgan fingerprint density at radius 3 is 2.07 bits per heavy atom. The molecule has 0 spiro atoms. The average Bonchev–Trinajstić information content (AvgIpc) is 2.79. The van der Waals surface area contributed by atoms with Crippen molar-refractivity contribution in [3.05, 3.63) is 102 Å². The third-order valence-corrected chi connectivity index (χ3v) is 4.86. The molecule has 1 aromatic heterocycles. The van der Waals surface area contributed by atoms with Gasteiger partial charge in [-0.15, -0.1) is 0 Å². The van der Waals surface area contributed by atoms with E-state index in [-0.39, 0.29) is 17.7 Å². The van der Waals surface area contributed by atoms with Crippen molar-refractivity contribution in [1.82, 2.24) is 15.2 Å². The zero-order chi connectivity index (χ0) is 21.3. The molecule has 0 saturated carbocycles. The first kappa shape index (κ1) is 21.2. The normalized spacial score (nSPS) is 11.7. The van der Waals surface area contributed by atoms with Crippen LogP contribution >= 0.6 is 0 Å². The Labute approximate surface area is 177 Å². The van der Waals surface area contributed by atoms with Crippen LogP contribution in [0, 0.1) is 5.92 Å². The van der Waals surface area contributed by atoms with Gasteiger partial charge >= 0.3 is 0 Å². The lowest BCUT2D eigenvalue weighted by Crippen LogP contribution is -2.44. The van der Waals surface area contributed by atoms with Crippen LogP contribution in [0.5, 0.6) is 0 Å². The van der Waals surface area contributed by atoms with E-state index in [0.29, 0.717) is 13.1 Å². The van der Waals surface area contributed by atoms with Crippen molar-refractivity contribution in [2.45, 2.75) is 33.0 Å². The summed E-state index contributed by atoms with van der Waals surface area (Å²) in [6, 6.07) is 22.2. The second kappa shape index (κ2) is 10.3. The fourth-order valence-corrected chi connectivity index (χ4v) is 3.30. The van der Waals surface area contributed by atoms with Crippen molar-refractivity contribution >= 4 is 11.8 Å². The molecule has 0 saturated heterocycles. The second-order valence-electron chi connectivity index (χ2n) is 7.49. The number of nitrogens with zero attached hydrogens (tertiary/aromatic N) is 2. The fourth-order valence-electron chi connectivity index (χ4n) is 3.30. The predicted octanol–water partition coefficient (Wildman–Crippen LogP) is 4.12. The van der Waals surface area contributed by atoms with Gasteiger partial charge in [-0.3, -0.25) is 14.6 Å². The quantitative estimate of drug-likeness (QED) is 0.617. The first-order chi connectivity index (χ1) is 14.6. The maximum atomic E-state index is 13.4. The standard InChI is InChI=1S/C25H27N3O2/c1-19(2)25(30)28(18-21-9-5-3-6-10-21)23(22-11-7-4-8-12-22)24(29)27-17-20-13-15-26-16-14-20/h3-16,19,23H,17-18H2,1-2H3,(H,27,29)/t23-/m0/s1. The van der Waals surface area contributed by atoms with Crippen LogP contribution < -0.4 is 5.32 Å². The minimum Gasteiger partial charge on any atom is -0.350 e. The van der Waals surface area contributed by atoms with Crippen LogP contribution in [0.15, 0.2) is 85.2 Å². The van der Waals surface area contributed by atoms with Gasteiger partial charge in [-0.05, 0) is 28.8 Å². The van der Waals surface area contributed by atoms with Crippen molar-refractivity contribution in [1.29, 1.82) is 0 Å². The number of hydrogen-bond donors (Lipinski definition) is 1. The number of nitrogens with one attached hydrogen (secondary N) is 1. The van der Waals surface area contributed by atoms with E-state index in [1.807, 2.05) is 86.6 Å². The third-order valence-electron chi connectivity index (χ3n) is 4.86. The Morgan fingerprint density at radius 2 is 1.47 bits per heavy atom. The maximum Gasteiger partial charge on any atom is 0.247 e. The summed E-state index contributed by atoms with van der Waals surface area (Å²) in [6.45, 7) is 4.45. The first-order valence-corrected chi connectivity index (χ1v) is 10.1. The van der Waals surface area contributed by atoms with Gasteiger partial charge in [-0.1, -0.05) is 74.5 Å². The molecule has 30 heavy (non-hydrogen) atoms. The molecule has 2 aromatic carbocycles. The van der Waals surface area contributed by atoms with Gasteiger partial charge in [-0.25, -0.2) is 0 Å². The summed E-state index contributed by atoms with van der Waals surface area (Å²) in [5.41, 5.74) is 2.72. The lowest BCUT2D eigenvalue weighted by Gasteiger charge is -2.33. The molecular weight excluding hydrogens is 374 g/mol. The molecule has 2 amide bonds. The number of rotatable bonds is 8. The molecule has 0 bridgehead atoms. The van der Waals surface area contributed by atoms with Crippen LogP contribution in [0.1, 0.15) is 36.6 Å². The third kappa shape index (κ3) is 5.54. The van der Waals surface area contributed by atoms with Crippen LogP contribution in [0.3, 0.4) is 0 Å². The lowest BCUT2D eigenvalue weighted by atomic mass is 10.0. The van der Waals surface area contributed by atoms with Crippen LogP contribution in [0.4, 0.5) is 0 Å². The largest absolute Gasteiger partial charge is 0.350 e. The molecule has 5 nitrogen and oxygen atoms in total. The van der Waals surface area contributed by atoms with Crippen LogP contribution in [0.25, 0.3) is 0 Å². The van der Waals surface area contributed by atoms with E-state index >= 15 is 0 Å². The van der Waals surface area contributed by atoms with Crippen LogP contribution in [-0.2, 0) is 22.7 Å². The van der Waals surface area contributed by atoms with Crippen molar-refractivity contribution in [2.24, 2.45) is 5.92 Å². The number of carbonyl (C=O) groups is 2. The first-order valence-electron chi connectivity index (χ1n) is 10.1. The van der Waals surface area contributed by atoms with E-state index in [4.69, 9.17) is 0 Å². The van der Waals surface area contributed by atoms with E-state index in [2.05, 4.69) is 10.3 Å². The van der Waals surface area contributed by atoms with Crippen LogP contribution in [0.2, 0.25) is 0 Å². The zero-order valence-electron chi connectivity index (χ0n) is 17.4. The molecule has 1 atom stereocenters. The number of amides is 2. The molecule has 5 heteroatoms.